The number of thiophene rings is 1. The fraction of sp³-hybridized carbons (Fsp3) is 0.483. The Hall–Kier alpha value is -4.13. The van der Waals surface area contributed by atoms with E-state index in [1.807, 2.05) is 26.8 Å². The van der Waals surface area contributed by atoms with Crippen molar-refractivity contribution in [1.82, 2.24) is 15.3 Å². The molecule has 0 aliphatic carbocycles. The molecular weight excluding hydrogens is 560 g/mol. The van der Waals surface area contributed by atoms with Crippen LogP contribution in [0.3, 0.4) is 0 Å². The van der Waals surface area contributed by atoms with E-state index >= 15 is 0 Å². The van der Waals surface area contributed by atoms with E-state index < -0.39 is 29.3 Å². The highest BCUT2D eigenvalue weighted by atomic mass is 32.1. The van der Waals surface area contributed by atoms with Crippen molar-refractivity contribution >= 4 is 56.0 Å². The lowest BCUT2D eigenvalue weighted by Crippen LogP contribution is -2.49. The molecule has 1 aliphatic rings. The van der Waals surface area contributed by atoms with Gasteiger partial charge in [-0.25, -0.2) is 9.59 Å². The second-order valence-corrected chi connectivity index (χ2v) is 13.0. The average molecular weight is 599 g/mol. The third kappa shape index (κ3) is 7.99. The molecule has 3 N–H and O–H groups in total. The van der Waals surface area contributed by atoms with Crippen LogP contribution in [0.25, 0.3) is 10.2 Å². The van der Waals surface area contributed by atoms with Crippen LogP contribution in [0.4, 0.5) is 26.0 Å². The molecule has 1 atom stereocenters. The van der Waals surface area contributed by atoms with Gasteiger partial charge in [-0.05, 0) is 60.5 Å². The number of alkyl carbamates (subject to hydrolysis) is 1. The molecule has 4 rings (SSSR count). The van der Waals surface area contributed by atoms with Crippen molar-refractivity contribution in [2.24, 2.45) is 0 Å². The Kier molecular flexibility index (Phi) is 9.09. The zero-order chi connectivity index (χ0) is 30.7. The predicted molar refractivity (Wildman–Crippen MR) is 163 cm³/mol. The molecule has 1 saturated heterocycles. The molecule has 0 bridgehead atoms. The van der Waals surface area contributed by atoms with Gasteiger partial charge in [-0.1, -0.05) is 0 Å². The second kappa shape index (κ2) is 12.4. The molecule has 0 aromatic carbocycles. The van der Waals surface area contributed by atoms with Crippen LogP contribution < -0.4 is 25.6 Å². The standard InChI is InChI=1S/C29H38N6O6S/c1-28(2,3)40-26(37)32-17-9-8-12-35(16-17)20-10-11-30-15-19(20)33-24(36)22-23-21(13-18(39-7)14-31-23)42-25(22)34-27(38)41-29(4,5)6/h10-11,13-15,17H,8-9,12,16H2,1-7H3,(H,32,37)(H,33,36)(H,34,38)/t17-/m0/s1. The molecule has 3 amide bonds. The lowest BCUT2D eigenvalue weighted by atomic mass is 10.0. The smallest absolute Gasteiger partial charge is 0.412 e. The summed E-state index contributed by atoms with van der Waals surface area (Å²) in [6.45, 7) is 12.0. The number of ether oxygens (including phenoxy) is 3. The molecular formula is C29H38N6O6S. The average Bonchev–Trinajstić information content (AvgIpc) is 3.23. The minimum absolute atomic E-state index is 0.130. The van der Waals surface area contributed by atoms with E-state index in [2.05, 4.69) is 30.8 Å². The molecule has 3 aromatic rings. The summed E-state index contributed by atoms with van der Waals surface area (Å²) in [5.41, 5.74) is 0.529. The summed E-state index contributed by atoms with van der Waals surface area (Å²) >= 11 is 1.20. The van der Waals surface area contributed by atoms with E-state index in [9.17, 15) is 14.4 Å². The number of pyridine rings is 2. The second-order valence-electron chi connectivity index (χ2n) is 11.9. The van der Waals surface area contributed by atoms with Crippen molar-refractivity contribution in [2.75, 3.05) is 35.7 Å². The molecule has 0 spiro atoms. The van der Waals surface area contributed by atoms with Gasteiger partial charge < -0.3 is 29.7 Å². The molecule has 13 heteroatoms. The van der Waals surface area contributed by atoms with Crippen molar-refractivity contribution in [3.8, 4) is 5.75 Å². The third-order valence-electron chi connectivity index (χ3n) is 6.11. The summed E-state index contributed by atoms with van der Waals surface area (Å²) in [6.07, 6.45) is 5.23. The number of piperidine rings is 1. The maximum atomic E-state index is 13.8. The maximum Gasteiger partial charge on any atom is 0.412 e. The fourth-order valence-electron chi connectivity index (χ4n) is 4.50. The van der Waals surface area contributed by atoms with E-state index in [-0.39, 0.29) is 11.6 Å². The molecule has 0 saturated carbocycles. The molecule has 0 radical (unpaired) electrons. The zero-order valence-electron chi connectivity index (χ0n) is 25.0. The van der Waals surface area contributed by atoms with E-state index in [1.54, 1.807) is 39.2 Å². The Morgan fingerprint density at radius 3 is 2.43 bits per heavy atom. The molecule has 42 heavy (non-hydrogen) atoms. The van der Waals surface area contributed by atoms with Crippen LogP contribution in [0.1, 0.15) is 64.7 Å². The summed E-state index contributed by atoms with van der Waals surface area (Å²) in [5.74, 6) is 0.0494. The first-order valence-electron chi connectivity index (χ1n) is 13.7. The van der Waals surface area contributed by atoms with Crippen LogP contribution in [0, 0.1) is 0 Å². The summed E-state index contributed by atoms with van der Waals surface area (Å²) in [7, 11) is 1.53. The van der Waals surface area contributed by atoms with Gasteiger partial charge in [0.05, 0.1) is 41.1 Å². The topological polar surface area (TPSA) is 144 Å². The van der Waals surface area contributed by atoms with Gasteiger partial charge in [0.25, 0.3) is 5.91 Å². The molecule has 1 fully saturated rings. The quantitative estimate of drug-likeness (QED) is 0.321. The number of nitrogens with one attached hydrogen (secondary N) is 3. The summed E-state index contributed by atoms with van der Waals surface area (Å²) in [6, 6.07) is 3.44. The number of anilines is 3. The number of nitrogens with zero attached hydrogens (tertiary/aromatic N) is 3. The van der Waals surface area contributed by atoms with Crippen LogP contribution >= 0.6 is 11.3 Å². The number of hydrogen-bond acceptors (Lipinski definition) is 10. The van der Waals surface area contributed by atoms with Crippen LogP contribution in [0.15, 0.2) is 30.7 Å². The van der Waals surface area contributed by atoms with Gasteiger partial charge in [0.2, 0.25) is 0 Å². The zero-order valence-corrected chi connectivity index (χ0v) is 25.8. The van der Waals surface area contributed by atoms with Crippen molar-refractivity contribution in [3.63, 3.8) is 0 Å². The number of aromatic nitrogens is 2. The van der Waals surface area contributed by atoms with Crippen molar-refractivity contribution in [2.45, 2.75) is 71.6 Å². The first-order chi connectivity index (χ1) is 19.7. The first-order valence-corrected chi connectivity index (χ1v) is 14.5. The van der Waals surface area contributed by atoms with Crippen molar-refractivity contribution in [1.29, 1.82) is 0 Å². The Morgan fingerprint density at radius 1 is 1.02 bits per heavy atom. The van der Waals surface area contributed by atoms with Gasteiger partial charge in [-0.3, -0.25) is 20.1 Å². The Labute approximate surface area is 249 Å². The number of rotatable bonds is 6. The van der Waals surface area contributed by atoms with Crippen LogP contribution in [-0.4, -0.2) is 65.5 Å². The molecule has 1 aliphatic heterocycles. The molecule has 0 unspecified atom stereocenters. The SMILES string of the molecule is COc1cnc2c(C(=O)Nc3cnccc3N3CCC[C@H](NC(=O)OC(C)(C)C)C3)c(NC(=O)OC(C)(C)C)sc2c1. The molecule has 4 heterocycles. The molecule has 12 nitrogen and oxygen atoms in total. The van der Waals surface area contributed by atoms with Crippen molar-refractivity contribution in [3.05, 3.63) is 36.3 Å². The number of hydrogen-bond donors (Lipinski definition) is 3. The minimum atomic E-state index is -0.722. The molecule has 3 aromatic heterocycles. The van der Waals surface area contributed by atoms with Crippen molar-refractivity contribution < 1.29 is 28.6 Å². The predicted octanol–water partition coefficient (Wildman–Crippen LogP) is 5.79. The lowest BCUT2D eigenvalue weighted by molar-refractivity contribution is 0.0499. The minimum Gasteiger partial charge on any atom is -0.495 e. The highest BCUT2D eigenvalue weighted by Crippen LogP contribution is 2.38. The number of fused-ring (bicyclic) bond motifs is 1. The summed E-state index contributed by atoms with van der Waals surface area (Å²) < 4.78 is 16.8. The van der Waals surface area contributed by atoms with Gasteiger partial charge in [0.1, 0.15) is 27.5 Å². The normalized spacial score (nSPS) is 15.6. The number of amides is 3. The van der Waals surface area contributed by atoms with Gasteiger partial charge >= 0.3 is 12.2 Å². The Bertz CT molecular complexity index is 1460. The molecule has 226 valence electrons. The monoisotopic (exact) mass is 598 g/mol. The third-order valence-corrected chi connectivity index (χ3v) is 7.15. The highest BCUT2D eigenvalue weighted by Gasteiger charge is 2.28. The summed E-state index contributed by atoms with van der Waals surface area (Å²) in [4.78, 5) is 49.6. The number of carbonyl (C=O) groups excluding carboxylic acids is 3. The van der Waals surface area contributed by atoms with E-state index in [0.29, 0.717) is 33.2 Å². The number of methoxy groups -OCH3 is 1. The Balaban J connectivity index is 1.59. The largest absolute Gasteiger partial charge is 0.495 e. The van der Waals surface area contributed by atoms with Crippen LogP contribution in [0.2, 0.25) is 0 Å². The number of carbonyl (C=O) groups is 3. The fourth-order valence-corrected chi connectivity index (χ4v) is 5.57. The van der Waals surface area contributed by atoms with Crippen LogP contribution in [-0.2, 0) is 9.47 Å². The van der Waals surface area contributed by atoms with Crippen LogP contribution in [0.5, 0.6) is 5.75 Å². The summed E-state index contributed by atoms with van der Waals surface area (Å²) in [5, 5.41) is 8.93. The van der Waals surface area contributed by atoms with E-state index in [1.165, 1.54) is 24.6 Å². The first kappa shape index (κ1) is 30.8. The van der Waals surface area contributed by atoms with E-state index in [0.717, 1.165) is 25.1 Å². The maximum absolute atomic E-state index is 13.8. The van der Waals surface area contributed by atoms with Gasteiger partial charge in [0, 0.05) is 31.4 Å². The van der Waals surface area contributed by atoms with Gasteiger partial charge in [-0.2, -0.15) is 0 Å². The van der Waals surface area contributed by atoms with E-state index in [4.69, 9.17) is 14.2 Å². The lowest BCUT2D eigenvalue weighted by Gasteiger charge is -2.35. The Morgan fingerprint density at radius 2 is 1.74 bits per heavy atom. The van der Waals surface area contributed by atoms with Gasteiger partial charge in [-0.15, -0.1) is 11.3 Å². The highest BCUT2D eigenvalue weighted by molar-refractivity contribution is 7.23. The van der Waals surface area contributed by atoms with Gasteiger partial charge in [0.15, 0.2) is 0 Å².